The van der Waals surface area contributed by atoms with Crippen LogP contribution in [0.4, 0.5) is 0 Å². The van der Waals surface area contributed by atoms with E-state index in [0.717, 1.165) is 11.3 Å². The molecule has 0 aliphatic rings. The lowest BCUT2D eigenvalue weighted by atomic mass is 10.3. The summed E-state index contributed by atoms with van der Waals surface area (Å²) in [4.78, 5) is 4.56. The van der Waals surface area contributed by atoms with Crippen molar-refractivity contribution in [3.8, 4) is 5.69 Å². The molecule has 7 nitrogen and oxygen atoms in total. The van der Waals surface area contributed by atoms with Gasteiger partial charge in [-0.1, -0.05) is 11.6 Å². The highest BCUT2D eigenvalue weighted by atomic mass is 35.5. The molecular weight excluding hydrogens is 386 g/mol. The first-order valence-corrected chi connectivity index (χ1v) is 11.2. The van der Waals surface area contributed by atoms with Gasteiger partial charge in [0, 0.05) is 35.6 Å². The maximum atomic E-state index is 11.3. The Morgan fingerprint density at radius 1 is 1.33 bits per heavy atom. The molecule has 27 heavy (non-hydrogen) atoms. The fraction of sp³-hybridized carbons (Fsp3) is 0.444. The van der Waals surface area contributed by atoms with Crippen molar-refractivity contribution in [3.05, 3.63) is 47.2 Å². The highest BCUT2D eigenvalue weighted by molar-refractivity contribution is 7.90. The van der Waals surface area contributed by atoms with E-state index in [0.29, 0.717) is 30.5 Å². The second-order valence-electron chi connectivity index (χ2n) is 6.43. The summed E-state index contributed by atoms with van der Waals surface area (Å²) in [7, 11) is -2.97. The quantitative estimate of drug-likeness (QED) is 0.514. The molecule has 0 aliphatic heterocycles. The lowest BCUT2D eigenvalue weighted by Crippen LogP contribution is -2.42. The summed E-state index contributed by atoms with van der Waals surface area (Å²) >= 11 is 5.91. The lowest BCUT2D eigenvalue weighted by Gasteiger charge is -2.17. The van der Waals surface area contributed by atoms with Crippen molar-refractivity contribution < 1.29 is 8.42 Å². The summed E-state index contributed by atoms with van der Waals surface area (Å²) < 4.78 is 24.4. The first-order chi connectivity index (χ1) is 12.8. The van der Waals surface area contributed by atoms with Gasteiger partial charge in [-0.2, -0.15) is 5.10 Å². The summed E-state index contributed by atoms with van der Waals surface area (Å²) in [5.74, 6) is 0.798. The Labute approximate surface area is 165 Å². The van der Waals surface area contributed by atoms with Crippen LogP contribution in [0.2, 0.25) is 5.02 Å². The smallest absolute Gasteiger partial charge is 0.191 e. The van der Waals surface area contributed by atoms with Crippen LogP contribution in [-0.2, 0) is 16.4 Å². The van der Waals surface area contributed by atoms with E-state index in [1.165, 1.54) is 6.26 Å². The summed E-state index contributed by atoms with van der Waals surface area (Å²) in [6.45, 7) is 5.10. The van der Waals surface area contributed by atoms with Gasteiger partial charge >= 0.3 is 0 Å². The fourth-order valence-corrected chi connectivity index (χ4v) is 3.27. The second-order valence-corrected chi connectivity index (χ2v) is 9.12. The van der Waals surface area contributed by atoms with Crippen LogP contribution in [0, 0.1) is 0 Å². The SMILES string of the molecule is CCNC(=NCc1cnn(-c2ccc(Cl)cc2)c1)NC(C)CCS(C)(=O)=O. The minimum absolute atomic E-state index is 0.00526. The predicted octanol–water partition coefficient (Wildman–Crippen LogP) is 2.40. The van der Waals surface area contributed by atoms with Crippen molar-refractivity contribution in [1.82, 2.24) is 20.4 Å². The molecule has 0 bridgehead atoms. The van der Waals surface area contributed by atoms with Gasteiger partial charge in [0.1, 0.15) is 9.84 Å². The Morgan fingerprint density at radius 3 is 2.67 bits per heavy atom. The maximum Gasteiger partial charge on any atom is 0.191 e. The third-order valence-corrected chi connectivity index (χ3v) is 5.03. The molecule has 0 amide bonds. The van der Waals surface area contributed by atoms with Crippen LogP contribution in [-0.4, -0.2) is 48.8 Å². The Bertz CT molecular complexity index is 862. The number of sulfone groups is 1. The monoisotopic (exact) mass is 411 g/mol. The standard InChI is InChI=1S/C18H26ClN5O2S/c1-4-20-18(23-14(2)9-10-27(3,25)26)21-11-15-12-22-24(13-15)17-7-5-16(19)6-8-17/h5-8,12-14H,4,9-11H2,1-3H3,(H2,20,21,23). The van der Waals surface area contributed by atoms with Crippen LogP contribution in [0.25, 0.3) is 5.69 Å². The van der Waals surface area contributed by atoms with Crippen molar-refractivity contribution >= 4 is 27.4 Å². The van der Waals surface area contributed by atoms with E-state index < -0.39 is 9.84 Å². The van der Waals surface area contributed by atoms with Crippen LogP contribution < -0.4 is 10.6 Å². The van der Waals surface area contributed by atoms with E-state index >= 15 is 0 Å². The number of aliphatic imine (C=N–C) groups is 1. The van der Waals surface area contributed by atoms with Crippen molar-refractivity contribution in [2.75, 3.05) is 18.6 Å². The van der Waals surface area contributed by atoms with Crippen LogP contribution in [0.3, 0.4) is 0 Å². The van der Waals surface area contributed by atoms with E-state index in [2.05, 4.69) is 20.7 Å². The minimum atomic E-state index is -2.97. The molecule has 1 aromatic heterocycles. The normalized spacial score (nSPS) is 13.4. The molecule has 2 aromatic rings. The Morgan fingerprint density at radius 2 is 2.04 bits per heavy atom. The molecule has 0 saturated heterocycles. The first kappa shape index (κ1) is 21.2. The first-order valence-electron chi connectivity index (χ1n) is 8.79. The molecule has 2 rings (SSSR count). The van der Waals surface area contributed by atoms with Crippen molar-refractivity contribution in [2.24, 2.45) is 4.99 Å². The zero-order valence-electron chi connectivity index (χ0n) is 15.8. The fourth-order valence-electron chi connectivity index (χ4n) is 2.36. The van der Waals surface area contributed by atoms with Crippen LogP contribution in [0.15, 0.2) is 41.7 Å². The molecule has 0 aliphatic carbocycles. The summed E-state index contributed by atoms with van der Waals surface area (Å²) in [5, 5.41) is 11.4. The summed E-state index contributed by atoms with van der Waals surface area (Å²) in [6, 6.07) is 7.44. The molecule has 148 valence electrons. The number of benzene rings is 1. The van der Waals surface area contributed by atoms with Gasteiger partial charge < -0.3 is 10.6 Å². The topological polar surface area (TPSA) is 88.4 Å². The predicted molar refractivity (Wildman–Crippen MR) is 110 cm³/mol. The lowest BCUT2D eigenvalue weighted by molar-refractivity contribution is 0.581. The average molecular weight is 412 g/mol. The van der Waals surface area contributed by atoms with Crippen LogP contribution in [0.5, 0.6) is 0 Å². The van der Waals surface area contributed by atoms with Gasteiger partial charge in [-0.15, -0.1) is 0 Å². The zero-order chi connectivity index (χ0) is 19.9. The molecule has 1 heterocycles. The number of guanidine groups is 1. The van der Waals surface area contributed by atoms with E-state index in [1.54, 1.807) is 10.9 Å². The average Bonchev–Trinajstić information content (AvgIpc) is 3.07. The molecule has 0 saturated carbocycles. The van der Waals surface area contributed by atoms with E-state index in [-0.39, 0.29) is 11.8 Å². The molecule has 1 aromatic carbocycles. The number of nitrogens with one attached hydrogen (secondary N) is 2. The van der Waals surface area contributed by atoms with Crippen molar-refractivity contribution in [1.29, 1.82) is 0 Å². The van der Waals surface area contributed by atoms with Crippen LogP contribution >= 0.6 is 11.6 Å². The molecule has 0 radical (unpaired) electrons. The maximum absolute atomic E-state index is 11.3. The largest absolute Gasteiger partial charge is 0.357 e. The zero-order valence-corrected chi connectivity index (χ0v) is 17.4. The van der Waals surface area contributed by atoms with Gasteiger partial charge in [0.25, 0.3) is 0 Å². The van der Waals surface area contributed by atoms with E-state index in [1.807, 2.05) is 44.3 Å². The van der Waals surface area contributed by atoms with E-state index in [9.17, 15) is 8.42 Å². The summed E-state index contributed by atoms with van der Waals surface area (Å²) in [5.41, 5.74) is 1.89. The molecule has 0 spiro atoms. The number of hydrogen-bond donors (Lipinski definition) is 2. The highest BCUT2D eigenvalue weighted by Gasteiger charge is 2.09. The van der Waals surface area contributed by atoms with Gasteiger partial charge in [-0.05, 0) is 44.5 Å². The Balaban J connectivity index is 1.99. The highest BCUT2D eigenvalue weighted by Crippen LogP contribution is 2.13. The third kappa shape index (κ3) is 7.60. The van der Waals surface area contributed by atoms with Gasteiger partial charge in [-0.3, -0.25) is 0 Å². The van der Waals surface area contributed by atoms with Gasteiger partial charge in [0.2, 0.25) is 0 Å². The van der Waals surface area contributed by atoms with Gasteiger partial charge in [0.05, 0.1) is 24.2 Å². The number of aromatic nitrogens is 2. The number of hydrogen-bond acceptors (Lipinski definition) is 4. The van der Waals surface area contributed by atoms with Crippen molar-refractivity contribution in [3.63, 3.8) is 0 Å². The molecule has 9 heteroatoms. The van der Waals surface area contributed by atoms with Gasteiger partial charge in [-0.25, -0.2) is 18.1 Å². The number of nitrogens with zero attached hydrogens (tertiary/aromatic N) is 3. The van der Waals surface area contributed by atoms with Gasteiger partial charge in [0.15, 0.2) is 5.96 Å². The Kier molecular flexibility index (Phi) is 7.67. The molecule has 0 fully saturated rings. The van der Waals surface area contributed by atoms with Crippen molar-refractivity contribution in [2.45, 2.75) is 32.9 Å². The molecule has 1 atom stereocenters. The Hall–Kier alpha value is -2.06. The number of rotatable bonds is 8. The summed E-state index contributed by atoms with van der Waals surface area (Å²) in [6.07, 6.45) is 5.47. The molecular formula is C18H26ClN5O2S. The second kappa shape index (κ2) is 9.75. The number of halogens is 1. The minimum Gasteiger partial charge on any atom is -0.357 e. The molecule has 2 N–H and O–H groups in total. The third-order valence-electron chi connectivity index (χ3n) is 3.80. The van der Waals surface area contributed by atoms with E-state index in [4.69, 9.17) is 11.6 Å². The molecule has 1 unspecified atom stereocenters. The van der Waals surface area contributed by atoms with Crippen LogP contribution in [0.1, 0.15) is 25.8 Å².